The number of halogens is 4. The molecule has 134 valence electrons. The maximum absolute atomic E-state index is 13.8. The van der Waals surface area contributed by atoms with E-state index in [1.165, 1.54) is 18.2 Å². The van der Waals surface area contributed by atoms with Crippen LogP contribution in [-0.2, 0) is 12.6 Å². The standard InChI is InChI=1S/C21H17F4N/c1-4-17-13(3)26-19-10-7-15(11-18(19)20(17)21(23,24)25)12(2)14-5-8-16(22)9-6-14/h5-11H,2,4H2,1,3H3. The molecule has 0 fully saturated rings. The SMILES string of the molecule is C=C(c1ccc(F)cc1)c1ccc2nc(C)c(CC)c(C(F)(F)F)c2c1. The second-order valence-electron chi connectivity index (χ2n) is 6.12. The van der Waals surface area contributed by atoms with Gasteiger partial charge < -0.3 is 0 Å². The van der Waals surface area contributed by atoms with E-state index in [4.69, 9.17) is 0 Å². The first-order valence-electron chi connectivity index (χ1n) is 8.18. The van der Waals surface area contributed by atoms with Gasteiger partial charge in [0, 0.05) is 11.1 Å². The summed E-state index contributed by atoms with van der Waals surface area (Å²) in [6, 6.07) is 10.4. The molecule has 0 amide bonds. The van der Waals surface area contributed by atoms with Crippen molar-refractivity contribution in [1.29, 1.82) is 0 Å². The van der Waals surface area contributed by atoms with E-state index in [2.05, 4.69) is 11.6 Å². The van der Waals surface area contributed by atoms with Crippen LogP contribution >= 0.6 is 0 Å². The highest BCUT2D eigenvalue weighted by Crippen LogP contribution is 2.39. The summed E-state index contributed by atoms with van der Waals surface area (Å²) in [5.74, 6) is -0.383. The second kappa shape index (κ2) is 6.56. The summed E-state index contributed by atoms with van der Waals surface area (Å²) in [5.41, 5.74) is 1.96. The molecule has 0 aliphatic carbocycles. The van der Waals surface area contributed by atoms with E-state index in [9.17, 15) is 17.6 Å². The Balaban J connectivity index is 2.23. The van der Waals surface area contributed by atoms with E-state index >= 15 is 0 Å². The van der Waals surface area contributed by atoms with Gasteiger partial charge in [0.05, 0.1) is 11.1 Å². The largest absolute Gasteiger partial charge is 0.417 e. The lowest BCUT2D eigenvalue weighted by Crippen LogP contribution is -2.12. The van der Waals surface area contributed by atoms with Crippen molar-refractivity contribution in [2.75, 3.05) is 0 Å². The molecular formula is C21H17F4N. The lowest BCUT2D eigenvalue weighted by molar-refractivity contribution is -0.136. The van der Waals surface area contributed by atoms with Crippen LogP contribution in [0, 0.1) is 12.7 Å². The maximum Gasteiger partial charge on any atom is 0.417 e. The highest BCUT2D eigenvalue weighted by atomic mass is 19.4. The summed E-state index contributed by atoms with van der Waals surface area (Å²) in [6.45, 7) is 7.24. The molecule has 0 atom stereocenters. The first-order chi connectivity index (χ1) is 12.2. The van der Waals surface area contributed by atoms with E-state index in [0.717, 1.165) is 0 Å². The zero-order valence-corrected chi connectivity index (χ0v) is 14.4. The van der Waals surface area contributed by atoms with Crippen LogP contribution in [0.4, 0.5) is 17.6 Å². The van der Waals surface area contributed by atoms with Gasteiger partial charge in [-0.1, -0.05) is 31.7 Å². The van der Waals surface area contributed by atoms with Gasteiger partial charge in [0.25, 0.3) is 0 Å². The first-order valence-corrected chi connectivity index (χ1v) is 8.18. The number of alkyl halides is 3. The summed E-state index contributed by atoms with van der Waals surface area (Å²) in [6.07, 6.45) is -4.24. The zero-order valence-electron chi connectivity index (χ0n) is 14.4. The Morgan fingerprint density at radius 3 is 2.23 bits per heavy atom. The summed E-state index contributed by atoms with van der Waals surface area (Å²) in [4.78, 5) is 4.33. The van der Waals surface area contributed by atoms with Crippen LogP contribution in [0.3, 0.4) is 0 Å². The molecule has 0 spiro atoms. The molecule has 26 heavy (non-hydrogen) atoms. The highest BCUT2D eigenvalue weighted by molar-refractivity contribution is 5.90. The molecule has 1 nitrogen and oxygen atoms in total. The molecule has 2 aromatic carbocycles. The number of aryl methyl sites for hydroxylation is 1. The lowest BCUT2D eigenvalue weighted by atomic mass is 9.93. The van der Waals surface area contributed by atoms with Gasteiger partial charge in [-0.15, -0.1) is 0 Å². The van der Waals surface area contributed by atoms with E-state index in [0.29, 0.717) is 27.9 Å². The van der Waals surface area contributed by atoms with Crippen molar-refractivity contribution in [2.45, 2.75) is 26.4 Å². The van der Waals surface area contributed by atoms with Gasteiger partial charge in [-0.3, -0.25) is 4.98 Å². The lowest BCUT2D eigenvalue weighted by Gasteiger charge is -2.18. The predicted octanol–water partition coefficient (Wildman–Crippen LogP) is 6.33. The number of hydrogen-bond donors (Lipinski definition) is 0. The average molecular weight is 359 g/mol. The normalized spacial score (nSPS) is 11.8. The molecule has 0 saturated heterocycles. The molecule has 0 saturated carbocycles. The summed E-state index contributed by atoms with van der Waals surface area (Å²) < 4.78 is 54.4. The maximum atomic E-state index is 13.8. The van der Waals surface area contributed by atoms with Crippen LogP contribution in [0.2, 0.25) is 0 Å². The molecule has 0 unspecified atom stereocenters. The van der Waals surface area contributed by atoms with Crippen LogP contribution in [0.1, 0.15) is 34.9 Å². The molecule has 5 heteroatoms. The highest BCUT2D eigenvalue weighted by Gasteiger charge is 2.36. The summed E-state index contributed by atoms with van der Waals surface area (Å²) in [5, 5.41) is 0.0562. The molecule has 1 aromatic heterocycles. The molecule has 0 bridgehead atoms. The monoisotopic (exact) mass is 359 g/mol. The number of nitrogens with zero attached hydrogens (tertiary/aromatic N) is 1. The third kappa shape index (κ3) is 3.21. The minimum absolute atomic E-state index is 0.0562. The van der Waals surface area contributed by atoms with Gasteiger partial charge >= 0.3 is 6.18 Å². The fourth-order valence-electron chi connectivity index (χ4n) is 3.19. The van der Waals surface area contributed by atoms with Crippen molar-refractivity contribution >= 4 is 16.5 Å². The topological polar surface area (TPSA) is 12.9 Å². The number of fused-ring (bicyclic) bond motifs is 1. The Morgan fingerprint density at radius 2 is 1.65 bits per heavy atom. The zero-order chi connectivity index (χ0) is 19.1. The Bertz CT molecular complexity index is 986. The van der Waals surface area contributed by atoms with Crippen molar-refractivity contribution < 1.29 is 17.6 Å². The van der Waals surface area contributed by atoms with Crippen LogP contribution in [0.5, 0.6) is 0 Å². The summed E-state index contributed by atoms with van der Waals surface area (Å²) in [7, 11) is 0. The quantitative estimate of drug-likeness (QED) is 0.498. The van der Waals surface area contributed by atoms with Crippen molar-refractivity contribution in [3.05, 3.63) is 82.8 Å². The number of rotatable bonds is 3. The second-order valence-corrected chi connectivity index (χ2v) is 6.12. The van der Waals surface area contributed by atoms with Crippen LogP contribution < -0.4 is 0 Å². The molecular weight excluding hydrogens is 342 g/mol. The molecule has 0 aliphatic heterocycles. The molecule has 0 aliphatic rings. The van der Waals surface area contributed by atoms with E-state index in [1.807, 2.05) is 0 Å². The van der Waals surface area contributed by atoms with E-state index in [1.54, 1.807) is 38.1 Å². The van der Waals surface area contributed by atoms with Gasteiger partial charge in [-0.2, -0.15) is 13.2 Å². The fourth-order valence-corrected chi connectivity index (χ4v) is 3.19. The Hall–Kier alpha value is -2.69. The van der Waals surface area contributed by atoms with Crippen molar-refractivity contribution in [3.8, 4) is 0 Å². The Labute approximate surface area is 149 Å². The number of pyridine rings is 1. The number of aromatic nitrogens is 1. The van der Waals surface area contributed by atoms with Gasteiger partial charge in [-0.05, 0) is 59.9 Å². The Morgan fingerprint density at radius 1 is 1.04 bits per heavy atom. The first kappa shape index (κ1) is 18.1. The van der Waals surface area contributed by atoms with Gasteiger partial charge in [0.15, 0.2) is 0 Å². The fraction of sp³-hybridized carbons (Fsp3) is 0.190. The summed E-state index contributed by atoms with van der Waals surface area (Å²) >= 11 is 0. The van der Waals surface area contributed by atoms with E-state index < -0.39 is 11.7 Å². The van der Waals surface area contributed by atoms with Crippen LogP contribution in [0.25, 0.3) is 16.5 Å². The van der Waals surface area contributed by atoms with Crippen molar-refractivity contribution in [1.82, 2.24) is 4.98 Å². The molecule has 3 aromatic rings. The molecule has 1 heterocycles. The van der Waals surface area contributed by atoms with Gasteiger partial charge in [-0.25, -0.2) is 4.39 Å². The Kier molecular flexibility index (Phi) is 4.57. The third-order valence-corrected chi connectivity index (χ3v) is 4.47. The van der Waals surface area contributed by atoms with Crippen molar-refractivity contribution in [2.24, 2.45) is 0 Å². The van der Waals surface area contributed by atoms with Gasteiger partial charge in [0.2, 0.25) is 0 Å². The van der Waals surface area contributed by atoms with Gasteiger partial charge in [0.1, 0.15) is 5.82 Å². The van der Waals surface area contributed by atoms with E-state index in [-0.39, 0.29) is 23.2 Å². The average Bonchev–Trinajstić information content (AvgIpc) is 2.59. The minimum Gasteiger partial charge on any atom is -0.253 e. The predicted molar refractivity (Wildman–Crippen MR) is 95.4 cm³/mol. The molecule has 0 N–H and O–H groups in total. The number of hydrogen-bond acceptors (Lipinski definition) is 1. The number of benzene rings is 2. The molecule has 3 rings (SSSR count). The minimum atomic E-state index is -4.48. The third-order valence-electron chi connectivity index (χ3n) is 4.47. The molecule has 0 radical (unpaired) electrons. The van der Waals surface area contributed by atoms with Crippen LogP contribution in [0.15, 0.2) is 49.0 Å². The smallest absolute Gasteiger partial charge is 0.253 e. The van der Waals surface area contributed by atoms with Crippen LogP contribution in [-0.4, -0.2) is 4.98 Å². The van der Waals surface area contributed by atoms with Crippen molar-refractivity contribution in [3.63, 3.8) is 0 Å².